The van der Waals surface area contributed by atoms with Crippen LogP contribution in [0.5, 0.6) is 0 Å². The summed E-state index contributed by atoms with van der Waals surface area (Å²) >= 11 is 0. The average Bonchev–Trinajstić information content (AvgIpc) is 3.25. The fraction of sp³-hybridized carbons (Fsp3) is 0.737. The van der Waals surface area contributed by atoms with Crippen molar-refractivity contribution in [1.29, 1.82) is 0 Å². The molecule has 10 heteroatoms. The molecular weight excluding hydrogens is 376 g/mol. The first-order valence-electron chi connectivity index (χ1n) is 10.2. The van der Waals surface area contributed by atoms with Gasteiger partial charge in [0.15, 0.2) is 17.0 Å². The molecule has 0 aliphatic carbocycles. The van der Waals surface area contributed by atoms with Gasteiger partial charge in [-0.25, -0.2) is 15.0 Å². The predicted octanol–water partition coefficient (Wildman–Crippen LogP) is -0.504. The fourth-order valence-corrected chi connectivity index (χ4v) is 4.08. The average molecular weight is 406 g/mol. The normalized spacial score (nSPS) is 26.8. The SMILES string of the molecule is CC1OCCC1(O)Cn1cnc2c(N(C)CC(O)CN3CCOCC3)ncnc21. The van der Waals surface area contributed by atoms with Gasteiger partial charge in [-0.1, -0.05) is 0 Å². The van der Waals surface area contributed by atoms with Crippen LogP contribution in [0.3, 0.4) is 0 Å². The molecule has 3 unspecified atom stereocenters. The lowest BCUT2D eigenvalue weighted by Crippen LogP contribution is -2.44. The zero-order chi connectivity index (χ0) is 20.4. The van der Waals surface area contributed by atoms with Gasteiger partial charge >= 0.3 is 0 Å². The van der Waals surface area contributed by atoms with Crippen LogP contribution in [-0.2, 0) is 16.0 Å². The maximum absolute atomic E-state index is 10.9. The van der Waals surface area contributed by atoms with Crippen LogP contribution in [0.25, 0.3) is 11.2 Å². The number of aliphatic hydroxyl groups is 2. The molecular formula is C19H30N6O4. The van der Waals surface area contributed by atoms with Crippen LogP contribution in [0, 0.1) is 0 Å². The van der Waals surface area contributed by atoms with Crippen LogP contribution in [0.4, 0.5) is 5.82 Å². The summed E-state index contributed by atoms with van der Waals surface area (Å²) in [5, 5.41) is 21.4. The van der Waals surface area contributed by atoms with Crippen LogP contribution in [0.2, 0.25) is 0 Å². The van der Waals surface area contributed by atoms with Crippen molar-refractivity contribution in [1.82, 2.24) is 24.4 Å². The first-order valence-corrected chi connectivity index (χ1v) is 10.2. The maximum Gasteiger partial charge on any atom is 0.165 e. The lowest BCUT2D eigenvalue weighted by Gasteiger charge is -2.30. The number of morpholine rings is 1. The number of anilines is 1. The molecule has 4 heterocycles. The second kappa shape index (κ2) is 8.49. The summed E-state index contributed by atoms with van der Waals surface area (Å²) in [7, 11) is 1.89. The Morgan fingerprint density at radius 2 is 2.07 bits per heavy atom. The highest BCUT2D eigenvalue weighted by Gasteiger charge is 2.40. The molecule has 2 aromatic heterocycles. The molecule has 0 radical (unpaired) electrons. The second-order valence-electron chi connectivity index (χ2n) is 8.06. The summed E-state index contributed by atoms with van der Waals surface area (Å²) < 4.78 is 12.7. The number of ether oxygens (including phenoxy) is 2. The van der Waals surface area contributed by atoms with Crippen molar-refractivity contribution < 1.29 is 19.7 Å². The van der Waals surface area contributed by atoms with Crippen LogP contribution >= 0.6 is 0 Å². The number of nitrogens with zero attached hydrogens (tertiary/aromatic N) is 6. The number of hydrogen-bond donors (Lipinski definition) is 2. The Kier molecular flexibility index (Phi) is 5.98. The first-order chi connectivity index (χ1) is 14.0. The molecule has 0 saturated carbocycles. The highest BCUT2D eigenvalue weighted by atomic mass is 16.5. The summed E-state index contributed by atoms with van der Waals surface area (Å²) in [5.41, 5.74) is 0.389. The third-order valence-electron chi connectivity index (χ3n) is 5.90. The van der Waals surface area contributed by atoms with Gasteiger partial charge in [-0.2, -0.15) is 0 Å². The second-order valence-corrected chi connectivity index (χ2v) is 8.06. The largest absolute Gasteiger partial charge is 0.390 e. The Hall–Kier alpha value is -1.85. The van der Waals surface area contributed by atoms with Crippen LogP contribution in [-0.4, -0.2) is 105 Å². The van der Waals surface area contributed by atoms with E-state index in [0.717, 1.165) is 13.1 Å². The lowest BCUT2D eigenvalue weighted by molar-refractivity contribution is -0.0382. The molecule has 0 bridgehead atoms. The number of imidazole rings is 1. The third-order valence-corrected chi connectivity index (χ3v) is 5.90. The maximum atomic E-state index is 10.9. The molecule has 2 aliphatic heterocycles. The number of rotatable bonds is 7. The number of aromatic nitrogens is 4. The highest BCUT2D eigenvalue weighted by molar-refractivity contribution is 5.83. The molecule has 0 amide bonds. The minimum atomic E-state index is -0.932. The molecule has 29 heavy (non-hydrogen) atoms. The van der Waals surface area contributed by atoms with Crippen molar-refractivity contribution in [3.63, 3.8) is 0 Å². The van der Waals surface area contributed by atoms with E-state index in [-0.39, 0.29) is 6.10 Å². The molecule has 160 valence electrons. The van der Waals surface area contributed by atoms with Crippen molar-refractivity contribution in [3.8, 4) is 0 Å². The quantitative estimate of drug-likeness (QED) is 0.629. The van der Waals surface area contributed by atoms with Crippen molar-refractivity contribution >= 4 is 17.0 Å². The molecule has 3 atom stereocenters. The van der Waals surface area contributed by atoms with Crippen molar-refractivity contribution in [2.75, 3.05) is 57.9 Å². The number of fused-ring (bicyclic) bond motifs is 1. The minimum Gasteiger partial charge on any atom is -0.390 e. The third kappa shape index (κ3) is 4.36. The van der Waals surface area contributed by atoms with Gasteiger partial charge in [0.1, 0.15) is 11.9 Å². The summed E-state index contributed by atoms with van der Waals surface area (Å²) in [6.07, 6.45) is 3.02. The van der Waals surface area contributed by atoms with Crippen LogP contribution in [0.15, 0.2) is 12.7 Å². The molecule has 2 N–H and O–H groups in total. The number of likely N-dealkylation sites (N-methyl/N-ethyl adjacent to an activating group) is 1. The van der Waals surface area contributed by atoms with Crippen molar-refractivity contribution in [2.24, 2.45) is 0 Å². The first kappa shape index (κ1) is 20.4. The summed E-state index contributed by atoms with van der Waals surface area (Å²) in [5.74, 6) is 0.664. The van der Waals surface area contributed by atoms with E-state index in [0.29, 0.717) is 62.9 Å². The molecule has 0 aromatic carbocycles. The van der Waals surface area contributed by atoms with E-state index in [9.17, 15) is 10.2 Å². The monoisotopic (exact) mass is 406 g/mol. The smallest absolute Gasteiger partial charge is 0.165 e. The van der Waals surface area contributed by atoms with E-state index in [1.54, 1.807) is 6.33 Å². The van der Waals surface area contributed by atoms with Crippen LogP contribution in [0.1, 0.15) is 13.3 Å². The van der Waals surface area contributed by atoms with Crippen LogP contribution < -0.4 is 4.90 Å². The predicted molar refractivity (Wildman–Crippen MR) is 107 cm³/mol. The van der Waals surface area contributed by atoms with E-state index < -0.39 is 11.7 Å². The lowest BCUT2D eigenvalue weighted by atomic mass is 9.97. The van der Waals surface area contributed by atoms with Gasteiger partial charge in [0.2, 0.25) is 0 Å². The molecule has 2 aromatic rings. The van der Waals surface area contributed by atoms with E-state index in [4.69, 9.17) is 9.47 Å². The van der Waals surface area contributed by atoms with Gasteiger partial charge in [0.25, 0.3) is 0 Å². The van der Waals surface area contributed by atoms with Crippen molar-refractivity contribution in [2.45, 2.75) is 37.7 Å². The van der Waals surface area contributed by atoms with Gasteiger partial charge in [0, 0.05) is 46.3 Å². The van der Waals surface area contributed by atoms with Crippen molar-refractivity contribution in [3.05, 3.63) is 12.7 Å². The Morgan fingerprint density at radius 3 is 2.79 bits per heavy atom. The van der Waals surface area contributed by atoms with E-state index in [1.807, 2.05) is 23.4 Å². The Labute approximate surface area is 170 Å². The summed E-state index contributed by atoms with van der Waals surface area (Å²) in [6.45, 7) is 6.94. The number of β-amino-alcohol motifs (C(OH)–C–C–N with tert-alkyl or cyclic N) is 1. The Balaban J connectivity index is 1.47. The molecule has 0 spiro atoms. The highest BCUT2D eigenvalue weighted by Crippen LogP contribution is 2.29. The topological polar surface area (TPSA) is 109 Å². The fourth-order valence-electron chi connectivity index (χ4n) is 4.08. The van der Waals surface area contributed by atoms with E-state index in [1.165, 1.54) is 6.33 Å². The molecule has 2 fully saturated rings. The van der Waals surface area contributed by atoms with Gasteiger partial charge < -0.3 is 29.2 Å². The minimum absolute atomic E-state index is 0.237. The Bertz CT molecular complexity index is 826. The zero-order valence-electron chi connectivity index (χ0n) is 17.1. The Morgan fingerprint density at radius 1 is 1.28 bits per heavy atom. The van der Waals surface area contributed by atoms with E-state index >= 15 is 0 Å². The van der Waals surface area contributed by atoms with Gasteiger partial charge in [-0.15, -0.1) is 0 Å². The summed E-state index contributed by atoms with van der Waals surface area (Å²) in [6, 6.07) is 0. The zero-order valence-corrected chi connectivity index (χ0v) is 17.1. The molecule has 2 aliphatic rings. The number of aliphatic hydroxyl groups excluding tert-OH is 1. The molecule has 4 rings (SSSR count). The molecule has 2 saturated heterocycles. The summed E-state index contributed by atoms with van der Waals surface area (Å²) in [4.78, 5) is 17.4. The standard InChI is InChI=1S/C19H30N6O4/c1-14-19(27,3-6-29-14)11-25-13-22-16-17(20-12-21-18(16)25)23(2)9-15(26)10-24-4-7-28-8-5-24/h12-15,26-27H,3-11H2,1-2H3. The van der Waals surface area contributed by atoms with Gasteiger partial charge in [0.05, 0.1) is 38.3 Å². The van der Waals surface area contributed by atoms with Gasteiger partial charge in [-0.3, -0.25) is 4.90 Å². The van der Waals surface area contributed by atoms with Gasteiger partial charge in [-0.05, 0) is 6.92 Å². The number of hydrogen-bond acceptors (Lipinski definition) is 9. The van der Waals surface area contributed by atoms with E-state index in [2.05, 4.69) is 19.9 Å². The molecule has 10 nitrogen and oxygen atoms in total.